The summed E-state index contributed by atoms with van der Waals surface area (Å²) in [6.07, 6.45) is 0.348. The number of halogens is 3. The van der Waals surface area contributed by atoms with E-state index in [1.807, 2.05) is 0 Å². The Morgan fingerprint density at radius 2 is 1.70 bits per heavy atom. The normalized spacial score (nSPS) is 14.0. The number of nitrogens with zero attached hydrogens (tertiary/aromatic N) is 1. The number of anilines is 1. The average Bonchev–Trinajstić information content (AvgIpc) is 2.79. The Labute approximate surface area is 207 Å². The summed E-state index contributed by atoms with van der Waals surface area (Å²) in [6.45, 7) is 2.20. The van der Waals surface area contributed by atoms with E-state index in [-0.39, 0.29) is 26.0 Å². The second kappa shape index (κ2) is 14.0. The van der Waals surface area contributed by atoms with E-state index in [9.17, 15) is 14.0 Å². The minimum atomic E-state index is -1.91. The molecular formula is C24H30Cl2FN3O3. The van der Waals surface area contributed by atoms with Crippen molar-refractivity contribution in [1.29, 1.82) is 0 Å². The molecule has 2 unspecified atom stereocenters. The fourth-order valence-corrected chi connectivity index (χ4v) is 3.58. The van der Waals surface area contributed by atoms with Gasteiger partial charge in [0.05, 0.1) is 12.6 Å². The first-order valence-electron chi connectivity index (χ1n) is 11.6. The molecule has 3 N–H and O–H groups in total. The number of hydrogen-bond acceptors (Lipinski definition) is 5. The molecule has 0 spiro atoms. The van der Waals surface area contributed by atoms with Crippen molar-refractivity contribution >= 4 is 40.8 Å². The Morgan fingerprint density at radius 1 is 1.09 bits per heavy atom. The van der Waals surface area contributed by atoms with Crippen molar-refractivity contribution in [2.45, 2.75) is 31.8 Å². The predicted octanol–water partition coefficient (Wildman–Crippen LogP) is 3.27. The van der Waals surface area contributed by atoms with Crippen LogP contribution in [0.1, 0.15) is 20.8 Å². The lowest BCUT2D eigenvalue weighted by molar-refractivity contribution is -0.147. The molecule has 2 rings (SSSR count). The third-order valence-corrected chi connectivity index (χ3v) is 5.23. The molecule has 0 bridgehead atoms. The number of rotatable bonds is 13. The summed E-state index contributed by atoms with van der Waals surface area (Å²) in [5, 5.41) is 2.65. The highest BCUT2D eigenvalue weighted by Gasteiger charge is 2.25. The lowest BCUT2D eigenvalue weighted by atomic mass is 10.0. The summed E-state index contributed by atoms with van der Waals surface area (Å²) in [5.41, 5.74) is 8.28. The van der Waals surface area contributed by atoms with Crippen molar-refractivity contribution < 1.29 is 21.5 Å². The van der Waals surface area contributed by atoms with Crippen molar-refractivity contribution in [2.75, 3.05) is 36.3 Å². The van der Waals surface area contributed by atoms with Gasteiger partial charge in [0.15, 0.2) is 0 Å². The van der Waals surface area contributed by atoms with Crippen LogP contribution in [0.25, 0.3) is 0 Å². The van der Waals surface area contributed by atoms with E-state index in [2.05, 4.69) is 5.32 Å². The van der Waals surface area contributed by atoms with Crippen LogP contribution < -0.4 is 16.0 Å². The molecule has 6 nitrogen and oxygen atoms in total. The van der Waals surface area contributed by atoms with Crippen LogP contribution in [0.3, 0.4) is 0 Å². The zero-order chi connectivity index (χ0) is 26.0. The maximum absolute atomic E-state index is 13.2. The van der Waals surface area contributed by atoms with Crippen LogP contribution in [0.2, 0.25) is 0 Å². The lowest BCUT2D eigenvalue weighted by Crippen LogP contribution is -2.50. The van der Waals surface area contributed by atoms with E-state index in [1.165, 1.54) is 12.1 Å². The summed E-state index contributed by atoms with van der Waals surface area (Å²) in [7, 11) is 0. The van der Waals surface area contributed by atoms with Crippen LogP contribution in [0.5, 0.6) is 0 Å². The molecule has 2 aromatic carbocycles. The molecule has 0 heterocycles. The number of benzene rings is 2. The van der Waals surface area contributed by atoms with Crippen molar-refractivity contribution in [3.05, 3.63) is 65.5 Å². The Balaban J connectivity index is 2.04. The number of carbonyl (C=O) groups excluding carboxylic acids is 2. The molecule has 33 heavy (non-hydrogen) atoms. The van der Waals surface area contributed by atoms with Crippen LogP contribution in [-0.2, 0) is 27.2 Å². The summed E-state index contributed by atoms with van der Waals surface area (Å²) in [5.74, 6) is -3.12. The molecule has 180 valence electrons. The van der Waals surface area contributed by atoms with Crippen LogP contribution >= 0.6 is 23.2 Å². The molecule has 2 atom stereocenters. The van der Waals surface area contributed by atoms with Crippen molar-refractivity contribution in [3.8, 4) is 0 Å². The third kappa shape index (κ3) is 8.84. The molecule has 0 fully saturated rings. The second-order valence-corrected chi connectivity index (χ2v) is 8.01. The highest BCUT2D eigenvalue weighted by molar-refractivity contribution is 6.18. The zero-order valence-electron chi connectivity index (χ0n) is 20.4. The van der Waals surface area contributed by atoms with Crippen molar-refractivity contribution in [2.24, 2.45) is 5.73 Å². The Morgan fingerprint density at radius 3 is 2.27 bits per heavy atom. The molecule has 9 heteroatoms. The van der Waals surface area contributed by atoms with E-state index >= 15 is 0 Å². The van der Waals surface area contributed by atoms with Crippen LogP contribution in [0, 0.1) is 5.82 Å². The van der Waals surface area contributed by atoms with Crippen molar-refractivity contribution in [3.63, 3.8) is 0 Å². The smallest absolute Gasteiger partial charge is 0.328 e. The van der Waals surface area contributed by atoms with Gasteiger partial charge in [0, 0.05) is 39.7 Å². The molecule has 2 aromatic rings. The topological polar surface area (TPSA) is 84.7 Å². The fourth-order valence-electron chi connectivity index (χ4n) is 3.23. The molecule has 0 radical (unpaired) electrons. The molecule has 1 amide bonds. The van der Waals surface area contributed by atoms with E-state index < -0.39 is 35.6 Å². The minimum Gasteiger partial charge on any atom is -0.464 e. The average molecular weight is 500 g/mol. The summed E-state index contributed by atoms with van der Waals surface area (Å²) >= 11 is 11.6. The van der Waals surface area contributed by atoms with E-state index in [1.54, 1.807) is 48.2 Å². The third-order valence-electron chi connectivity index (χ3n) is 4.94. The SMILES string of the molecule is [2H]C([2H])(Cl)CN(CCCl)c1ccc(CC(N)C(=O)NC(Cc2ccc(F)cc2)C(=O)OCC)cc1. The number of esters is 1. The first-order valence-corrected chi connectivity index (χ1v) is 11.5. The number of carbonyl (C=O) groups is 2. The van der Waals surface area contributed by atoms with Gasteiger partial charge in [-0.25, -0.2) is 9.18 Å². The van der Waals surface area contributed by atoms with E-state index in [4.69, 9.17) is 36.4 Å². The summed E-state index contributed by atoms with van der Waals surface area (Å²) in [4.78, 5) is 26.9. The number of nitrogens with one attached hydrogen (secondary N) is 1. The second-order valence-electron chi connectivity index (χ2n) is 7.37. The Kier molecular flexibility index (Phi) is 10.1. The molecule has 0 saturated carbocycles. The predicted molar refractivity (Wildman–Crippen MR) is 130 cm³/mol. The Hall–Kier alpha value is -2.35. The van der Waals surface area contributed by atoms with Crippen LogP contribution in [0.4, 0.5) is 10.1 Å². The maximum Gasteiger partial charge on any atom is 0.328 e. The molecule has 0 saturated heterocycles. The number of amides is 1. The largest absolute Gasteiger partial charge is 0.464 e. The summed E-state index contributed by atoms with van der Waals surface area (Å²) < 4.78 is 33.5. The minimum absolute atomic E-state index is 0.0359. The molecule has 0 aliphatic carbocycles. The first-order chi connectivity index (χ1) is 16.5. The molecule has 0 aliphatic rings. The fraction of sp³-hybridized carbons (Fsp3) is 0.417. The van der Waals surface area contributed by atoms with E-state index in [0.717, 1.165) is 11.3 Å². The van der Waals surface area contributed by atoms with Gasteiger partial charge >= 0.3 is 5.97 Å². The van der Waals surface area contributed by atoms with Gasteiger partial charge in [0.2, 0.25) is 5.91 Å². The molecular weight excluding hydrogens is 468 g/mol. The lowest BCUT2D eigenvalue weighted by Gasteiger charge is -2.23. The van der Waals surface area contributed by atoms with Crippen LogP contribution in [-0.4, -0.2) is 55.4 Å². The number of ether oxygens (including phenoxy) is 1. The van der Waals surface area contributed by atoms with Gasteiger partial charge in [-0.2, -0.15) is 0 Å². The molecule has 0 aromatic heterocycles. The van der Waals surface area contributed by atoms with Gasteiger partial charge in [-0.1, -0.05) is 24.3 Å². The zero-order valence-corrected chi connectivity index (χ0v) is 19.9. The van der Waals surface area contributed by atoms with Crippen LogP contribution in [0.15, 0.2) is 48.5 Å². The van der Waals surface area contributed by atoms with Gasteiger partial charge in [-0.05, 0) is 48.7 Å². The number of hydrogen-bond donors (Lipinski definition) is 2. The monoisotopic (exact) mass is 499 g/mol. The van der Waals surface area contributed by atoms with Crippen molar-refractivity contribution in [1.82, 2.24) is 5.32 Å². The quantitative estimate of drug-likeness (QED) is 0.326. The van der Waals surface area contributed by atoms with Gasteiger partial charge in [-0.15, -0.1) is 23.2 Å². The number of alkyl halides is 2. The maximum atomic E-state index is 13.2. The highest BCUT2D eigenvalue weighted by atomic mass is 35.5. The molecule has 0 aliphatic heterocycles. The number of nitrogens with two attached hydrogens (primary N) is 1. The van der Waals surface area contributed by atoms with Gasteiger partial charge in [-0.3, -0.25) is 4.79 Å². The summed E-state index contributed by atoms with van der Waals surface area (Å²) in [6, 6.07) is 10.9. The first kappa shape index (κ1) is 23.8. The van der Waals surface area contributed by atoms with Gasteiger partial charge < -0.3 is 20.7 Å². The standard InChI is InChI=1S/C24H30Cl2FN3O3/c1-2-33-24(32)22(16-18-3-7-19(27)8-4-18)29-23(31)21(28)15-17-5-9-20(10-6-17)30(13-11-25)14-12-26/h3-10,21-22H,2,11-16,28H2,1H3,(H,29,31)/i11D2. The highest BCUT2D eigenvalue weighted by Crippen LogP contribution is 2.16. The van der Waals surface area contributed by atoms with Gasteiger partial charge in [0.25, 0.3) is 0 Å². The van der Waals surface area contributed by atoms with Gasteiger partial charge in [0.1, 0.15) is 11.9 Å². The van der Waals surface area contributed by atoms with E-state index in [0.29, 0.717) is 18.0 Å². The Bertz CT molecular complexity index is 960.